The number of carbonyl (C=O) groups is 1. The summed E-state index contributed by atoms with van der Waals surface area (Å²) in [5.74, 6) is -0.372. The van der Waals surface area contributed by atoms with E-state index in [9.17, 15) is 18.0 Å². The molecule has 1 aromatic rings. The van der Waals surface area contributed by atoms with E-state index in [-0.39, 0.29) is 25.3 Å². The zero-order chi connectivity index (χ0) is 14.0. The molecule has 1 amide bonds. The number of nitrogens with zero attached hydrogens (tertiary/aromatic N) is 1. The van der Waals surface area contributed by atoms with Crippen LogP contribution < -0.4 is 5.43 Å². The summed E-state index contributed by atoms with van der Waals surface area (Å²) in [5.41, 5.74) is 2.83. The van der Waals surface area contributed by atoms with Crippen molar-refractivity contribution >= 4 is 21.8 Å². The quantitative estimate of drug-likeness (QED) is 0.920. The fraction of sp³-hybridized carbons (Fsp3) is 0.417. The van der Waals surface area contributed by atoms with Gasteiger partial charge in [-0.15, -0.1) is 0 Å². The van der Waals surface area contributed by atoms with Gasteiger partial charge in [-0.25, -0.2) is 5.01 Å². The third kappa shape index (κ3) is 3.70. The van der Waals surface area contributed by atoms with Crippen LogP contribution in [0.4, 0.5) is 13.2 Å². The largest absolute Gasteiger partial charge is 0.406 e. The molecule has 1 aliphatic heterocycles. The van der Waals surface area contributed by atoms with Gasteiger partial charge >= 0.3 is 6.18 Å². The van der Waals surface area contributed by atoms with E-state index in [2.05, 4.69) is 21.4 Å². The van der Waals surface area contributed by atoms with Gasteiger partial charge in [0.05, 0.1) is 0 Å². The molecule has 0 radical (unpaired) electrons. The third-order valence-corrected chi connectivity index (χ3v) is 3.41. The molecule has 1 atom stereocenters. The lowest BCUT2D eigenvalue weighted by Gasteiger charge is -2.29. The molecule has 0 aliphatic carbocycles. The van der Waals surface area contributed by atoms with Crippen LogP contribution in [0.1, 0.15) is 12.0 Å². The van der Waals surface area contributed by atoms with E-state index in [1.54, 1.807) is 24.3 Å². The lowest BCUT2D eigenvalue weighted by molar-refractivity contribution is -0.187. The zero-order valence-electron chi connectivity index (χ0n) is 9.88. The molecule has 3 nitrogen and oxygen atoms in total. The Morgan fingerprint density at radius 3 is 2.68 bits per heavy atom. The first kappa shape index (κ1) is 14.3. The number of hydrogen-bond acceptors (Lipinski definition) is 2. The SMILES string of the molecule is O=C1CCN(C(Cc2cccc(Br)c2)C(F)(F)F)N1. The molecule has 1 saturated heterocycles. The van der Waals surface area contributed by atoms with Gasteiger partial charge < -0.3 is 0 Å². The summed E-state index contributed by atoms with van der Waals surface area (Å²) in [7, 11) is 0. The first-order valence-corrected chi connectivity index (χ1v) is 6.53. The van der Waals surface area contributed by atoms with Crippen LogP contribution in [0.5, 0.6) is 0 Å². The lowest BCUT2D eigenvalue weighted by Crippen LogP contribution is -2.51. The number of alkyl halides is 3. The minimum Gasteiger partial charge on any atom is -0.288 e. The van der Waals surface area contributed by atoms with Crippen LogP contribution in [0.25, 0.3) is 0 Å². The Balaban J connectivity index is 2.17. The van der Waals surface area contributed by atoms with Gasteiger partial charge in [-0.1, -0.05) is 28.1 Å². The van der Waals surface area contributed by atoms with Crippen molar-refractivity contribution in [2.45, 2.75) is 25.1 Å². The highest BCUT2D eigenvalue weighted by molar-refractivity contribution is 9.10. The number of halogens is 4. The summed E-state index contributed by atoms with van der Waals surface area (Å²) in [6.07, 6.45) is -4.48. The van der Waals surface area contributed by atoms with Crippen molar-refractivity contribution in [2.75, 3.05) is 6.54 Å². The number of rotatable bonds is 3. The van der Waals surface area contributed by atoms with Crippen LogP contribution in [-0.2, 0) is 11.2 Å². The predicted octanol–water partition coefficient (Wildman–Crippen LogP) is 2.66. The van der Waals surface area contributed by atoms with Gasteiger partial charge in [-0.05, 0) is 24.1 Å². The van der Waals surface area contributed by atoms with Gasteiger partial charge in [0.2, 0.25) is 5.91 Å². The van der Waals surface area contributed by atoms with E-state index in [4.69, 9.17) is 0 Å². The van der Waals surface area contributed by atoms with Crippen molar-refractivity contribution in [3.05, 3.63) is 34.3 Å². The fourth-order valence-electron chi connectivity index (χ4n) is 2.02. The molecule has 1 unspecified atom stereocenters. The molecule has 1 heterocycles. The van der Waals surface area contributed by atoms with Gasteiger partial charge in [0.1, 0.15) is 6.04 Å². The van der Waals surface area contributed by atoms with E-state index < -0.39 is 12.2 Å². The topological polar surface area (TPSA) is 32.3 Å². The van der Waals surface area contributed by atoms with E-state index in [1.165, 1.54) is 0 Å². The van der Waals surface area contributed by atoms with E-state index in [0.29, 0.717) is 5.56 Å². The number of hydrogen-bond donors (Lipinski definition) is 1. The van der Waals surface area contributed by atoms with Crippen LogP contribution in [0, 0.1) is 0 Å². The normalized spacial score (nSPS) is 18.4. The molecule has 0 spiro atoms. The highest BCUT2D eigenvalue weighted by Crippen LogP contribution is 2.28. The van der Waals surface area contributed by atoms with Crippen molar-refractivity contribution < 1.29 is 18.0 Å². The van der Waals surface area contributed by atoms with Crippen molar-refractivity contribution in [2.24, 2.45) is 0 Å². The average Bonchev–Trinajstić information content (AvgIpc) is 2.71. The number of benzene rings is 1. The maximum absolute atomic E-state index is 13.1. The molecule has 1 N–H and O–H groups in total. The smallest absolute Gasteiger partial charge is 0.288 e. The predicted molar refractivity (Wildman–Crippen MR) is 67.2 cm³/mol. The first-order chi connectivity index (χ1) is 8.86. The van der Waals surface area contributed by atoms with Crippen molar-refractivity contribution in [1.82, 2.24) is 10.4 Å². The molecule has 0 saturated carbocycles. The Labute approximate surface area is 116 Å². The Kier molecular flexibility index (Phi) is 4.15. The minimum atomic E-state index is -4.39. The van der Waals surface area contributed by atoms with Crippen LogP contribution in [-0.4, -0.2) is 29.7 Å². The van der Waals surface area contributed by atoms with Crippen LogP contribution >= 0.6 is 15.9 Å². The van der Waals surface area contributed by atoms with Crippen molar-refractivity contribution in [1.29, 1.82) is 0 Å². The van der Waals surface area contributed by atoms with Crippen molar-refractivity contribution in [3.63, 3.8) is 0 Å². The monoisotopic (exact) mass is 336 g/mol. The van der Waals surface area contributed by atoms with E-state index in [1.807, 2.05) is 0 Å². The molecule has 0 bridgehead atoms. The number of carbonyl (C=O) groups excluding carboxylic acids is 1. The summed E-state index contributed by atoms with van der Waals surface area (Å²) >= 11 is 3.23. The number of nitrogens with one attached hydrogen (secondary N) is 1. The molecule has 0 aromatic heterocycles. The molecule has 19 heavy (non-hydrogen) atoms. The van der Waals surface area contributed by atoms with Crippen molar-refractivity contribution in [3.8, 4) is 0 Å². The standard InChI is InChI=1S/C12H12BrF3N2O/c13-9-3-1-2-8(6-9)7-10(12(14,15)16)18-5-4-11(19)17-18/h1-3,6,10H,4-5,7H2,(H,17,19). The van der Waals surface area contributed by atoms with Gasteiger partial charge in [0.15, 0.2) is 0 Å². The highest BCUT2D eigenvalue weighted by Gasteiger charge is 2.45. The third-order valence-electron chi connectivity index (χ3n) is 2.92. The second-order valence-electron chi connectivity index (χ2n) is 4.37. The Morgan fingerprint density at radius 2 is 2.16 bits per heavy atom. The maximum Gasteiger partial charge on any atom is 0.406 e. The molecule has 104 valence electrons. The lowest BCUT2D eigenvalue weighted by atomic mass is 10.1. The molecule has 1 fully saturated rings. The molecule has 7 heteroatoms. The van der Waals surface area contributed by atoms with Crippen LogP contribution in [0.15, 0.2) is 28.7 Å². The first-order valence-electron chi connectivity index (χ1n) is 5.73. The fourth-order valence-corrected chi connectivity index (χ4v) is 2.46. The number of hydrazine groups is 1. The molecule has 2 rings (SSSR count). The van der Waals surface area contributed by atoms with Crippen LogP contribution in [0.3, 0.4) is 0 Å². The second kappa shape index (κ2) is 5.50. The highest BCUT2D eigenvalue weighted by atomic mass is 79.9. The Hall–Kier alpha value is -1.08. The molecular weight excluding hydrogens is 325 g/mol. The Morgan fingerprint density at radius 1 is 1.42 bits per heavy atom. The van der Waals surface area contributed by atoms with Crippen LogP contribution in [0.2, 0.25) is 0 Å². The minimum absolute atomic E-state index is 0.0804. The maximum atomic E-state index is 13.1. The summed E-state index contributed by atoms with van der Waals surface area (Å²) < 4.78 is 40.0. The second-order valence-corrected chi connectivity index (χ2v) is 5.29. The Bertz CT molecular complexity index is 478. The van der Waals surface area contributed by atoms with E-state index >= 15 is 0 Å². The molecule has 1 aromatic carbocycles. The van der Waals surface area contributed by atoms with Gasteiger partial charge in [0.25, 0.3) is 0 Å². The molecule has 1 aliphatic rings. The number of amides is 1. The van der Waals surface area contributed by atoms with E-state index in [0.717, 1.165) is 9.48 Å². The van der Waals surface area contributed by atoms with Gasteiger partial charge in [-0.3, -0.25) is 10.2 Å². The summed E-state index contributed by atoms with van der Waals surface area (Å²) in [4.78, 5) is 11.1. The summed E-state index contributed by atoms with van der Waals surface area (Å²) in [6, 6.07) is 5.03. The van der Waals surface area contributed by atoms with Gasteiger partial charge in [0, 0.05) is 17.4 Å². The zero-order valence-corrected chi connectivity index (χ0v) is 11.5. The van der Waals surface area contributed by atoms with Gasteiger partial charge in [-0.2, -0.15) is 13.2 Å². The average molecular weight is 337 g/mol. The molecular formula is C12H12BrF3N2O. The summed E-state index contributed by atoms with van der Waals surface area (Å²) in [5, 5.41) is 0.975. The summed E-state index contributed by atoms with van der Waals surface area (Å²) in [6.45, 7) is 0.0804.